The van der Waals surface area contributed by atoms with Crippen molar-refractivity contribution in [1.82, 2.24) is 0 Å². The second-order valence-electron chi connectivity index (χ2n) is 5.67. The minimum absolute atomic E-state index is 0.102. The number of nitrogens with two attached hydrogens (primary N) is 1. The first-order valence-corrected chi connectivity index (χ1v) is 6.85. The molecule has 0 aliphatic carbocycles. The van der Waals surface area contributed by atoms with Crippen LogP contribution in [0.3, 0.4) is 0 Å². The van der Waals surface area contributed by atoms with Gasteiger partial charge in [-0.15, -0.1) is 0 Å². The molecule has 0 aliphatic heterocycles. The Morgan fingerprint density at radius 3 is 2.45 bits per heavy atom. The second-order valence-corrected chi connectivity index (χ2v) is 6.08. The molecule has 1 aromatic carbocycles. The molecule has 2 atom stereocenters. The SMILES string of the molecule is CC(C)(C)OC(=O)Nc1ccc(Cl)c(C(O)C(N)C(=O)O)c1. The van der Waals surface area contributed by atoms with E-state index in [9.17, 15) is 14.7 Å². The first-order valence-electron chi connectivity index (χ1n) is 6.47. The summed E-state index contributed by atoms with van der Waals surface area (Å²) < 4.78 is 5.09. The Kier molecular flexibility index (Phi) is 5.76. The predicted molar refractivity (Wildman–Crippen MR) is 81.9 cm³/mol. The number of aliphatic carboxylic acids is 1. The largest absolute Gasteiger partial charge is 0.480 e. The quantitative estimate of drug-likeness (QED) is 0.671. The highest BCUT2D eigenvalue weighted by atomic mass is 35.5. The summed E-state index contributed by atoms with van der Waals surface area (Å²) in [5.74, 6) is -1.37. The molecule has 122 valence electrons. The number of hydrogen-bond acceptors (Lipinski definition) is 5. The highest BCUT2D eigenvalue weighted by Gasteiger charge is 2.26. The van der Waals surface area contributed by atoms with Crippen LogP contribution in [0.1, 0.15) is 32.4 Å². The smallest absolute Gasteiger partial charge is 0.412 e. The number of rotatable bonds is 4. The minimum Gasteiger partial charge on any atom is -0.480 e. The van der Waals surface area contributed by atoms with Gasteiger partial charge in [-0.1, -0.05) is 11.6 Å². The molecule has 1 aromatic rings. The number of anilines is 1. The van der Waals surface area contributed by atoms with Crippen LogP contribution >= 0.6 is 11.6 Å². The Morgan fingerprint density at radius 1 is 1.36 bits per heavy atom. The van der Waals surface area contributed by atoms with E-state index in [0.29, 0.717) is 5.69 Å². The van der Waals surface area contributed by atoms with Gasteiger partial charge in [0.25, 0.3) is 0 Å². The number of benzene rings is 1. The third-order valence-electron chi connectivity index (χ3n) is 2.59. The van der Waals surface area contributed by atoms with Crippen molar-refractivity contribution < 1.29 is 24.5 Å². The van der Waals surface area contributed by atoms with Gasteiger partial charge >= 0.3 is 12.1 Å². The zero-order valence-electron chi connectivity index (χ0n) is 12.5. The molecule has 8 heteroatoms. The molecule has 0 spiro atoms. The molecule has 0 heterocycles. The molecule has 0 fully saturated rings. The summed E-state index contributed by atoms with van der Waals surface area (Å²) in [6, 6.07) is 2.73. The van der Waals surface area contributed by atoms with Crippen LogP contribution in [0.4, 0.5) is 10.5 Å². The molecule has 1 amide bonds. The van der Waals surface area contributed by atoms with E-state index in [4.69, 9.17) is 27.2 Å². The number of nitrogens with one attached hydrogen (secondary N) is 1. The van der Waals surface area contributed by atoms with Crippen LogP contribution in [0, 0.1) is 0 Å². The van der Waals surface area contributed by atoms with E-state index in [1.807, 2.05) is 0 Å². The molecule has 0 radical (unpaired) electrons. The zero-order valence-corrected chi connectivity index (χ0v) is 13.2. The van der Waals surface area contributed by atoms with Gasteiger partial charge in [0.05, 0.1) is 0 Å². The van der Waals surface area contributed by atoms with Crippen LogP contribution in [0.2, 0.25) is 5.02 Å². The van der Waals surface area contributed by atoms with Crippen LogP contribution in [-0.4, -0.2) is 33.9 Å². The van der Waals surface area contributed by atoms with E-state index in [-0.39, 0.29) is 10.6 Å². The molecule has 0 aromatic heterocycles. The van der Waals surface area contributed by atoms with Crippen LogP contribution in [0.15, 0.2) is 18.2 Å². The predicted octanol–water partition coefficient (Wildman–Crippen LogP) is 2.13. The summed E-state index contributed by atoms with van der Waals surface area (Å²) in [4.78, 5) is 22.5. The van der Waals surface area contributed by atoms with Gasteiger partial charge in [-0.3, -0.25) is 10.1 Å². The Bertz CT molecular complexity index is 571. The molecule has 0 aliphatic rings. The number of carbonyl (C=O) groups excluding carboxylic acids is 1. The monoisotopic (exact) mass is 330 g/mol. The molecular formula is C14H19ClN2O5. The molecule has 7 nitrogen and oxygen atoms in total. The van der Waals surface area contributed by atoms with Crippen LogP contribution < -0.4 is 11.1 Å². The van der Waals surface area contributed by atoms with E-state index >= 15 is 0 Å². The fraction of sp³-hybridized carbons (Fsp3) is 0.429. The van der Waals surface area contributed by atoms with E-state index in [1.165, 1.54) is 18.2 Å². The minimum atomic E-state index is -1.53. The van der Waals surface area contributed by atoms with Crippen LogP contribution in [0.25, 0.3) is 0 Å². The van der Waals surface area contributed by atoms with Crippen molar-refractivity contribution >= 4 is 29.4 Å². The molecule has 1 rings (SSSR count). The maximum atomic E-state index is 11.7. The van der Waals surface area contributed by atoms with Crippen molar-refractivity contribution in [3.8, 4) is 0 Å². The fourth-order valence-electron chi connectivity index (χ4n) is 1.60. The fourth-order valence-corrected chi connectivity index (χ4v) is 1.83. The standard InChI is InChI=1S/C14H19ClN2O5/c1-14(2,3)22-13(21)17-7-4-5-9(15)8(6-7)11(18)10(16)12(19)20/h4-6,10-11,18H,16H2,1-3H3,(H,17,21)(H,19,20). The lowest BCUT2D eigenvalue weighted by molar-refractivity contribution is -0.141. The van der Waals surface area contributed by atoms with Crippen molar-refractivity contribution in [2.24, 2.45) is 5.73 Å². The Labute approximate surface area is 133 Å². The highest BCUT2D eigenvalue weighted by Crippen LogP contribution is 2.28. The highest BCUT2D eigenvalue weighted by molar-refractivity contribution is 6.31. The molecule has 5 N–H and O–H groups in total. The molecule has 0 saturated carbocycles. The third-order valence-corrected chi connectivity index (χ3v) is 2.93. The van der Waals surface area contributed by atoms with Gasteiger partial charge in [0.2, 0.25) is 0 Å². The first-order chi connectivity index (χ1) is 10.0. The normalized spacial score (nSPS) is 14.1. The van der Waals surface area contributed by atoms with Crippen molar-refractivity contribution in [3.63, 3.8) is 0 Å². The number of aliphatic hydroxyl groups excluding tert-OH is 1. The van der Waals surface area contributed by atoms with Gasteiger partial charge in [0, 0.05) is 16.3 Å². The number of carboxylic acid groups (broad SMARTS) is 1. The zero-order chi connectivity index (χ0) is 17.1. The molecule has 2 unspecified atom stereocenters. The van der Waals surface area contributed by atoms with Gasteiger partial charge < -0.3 is 20.7 Å². The molecule has 22 heavy (non-hydrogen) atoms. The van der Waals surface area contributed by atoms with E-state index in [0.717, 1.165) is 0 Å². The Balaban J connectivity index is 2.95. The number of halogens is 1. The molecule has 0 bridgehead atoms. The average Bonchev–Trinajstić information content (AvgIpc) is 2.37. The lowest BCUT2D eigenvalue weighted by Crippen LogP contribution is -2.36. The maximum absolute atomic E-state index is 11.7. The van der Waals surface area contributed by atoms with Gasteiger partial charge in [0.15, 0.2) is 0 Å². The summed E-state index contributed by atoms with van der Waals surface area (Å²) >= 11 is 5.93. The maximum Gasteiger partial charge on any atom is 0.412 e. The number of ether oxygens (including phenoxy) is 1. The summed E-state index contributed by atoms with van der Waals surface area (Å²) in [6.07, 6.45) is -2.19. The van der Waals surface area contributed by atoms with E-state index in [2.05, 4.69) is 5.32 Å². The van der Waals surface area contributed by atoms with Gasteiger partial charge in [-0.25, -0.2) is 4.79 Å². The van der Waals surface area contributed by atoms with Crippen molar-refractivity contribution in [1.29, 1.82) is 0 Å². The topological polar surface area (TPSA) is 122 Å². The Morgan fingerprint density at radius 2 is 1.95 bits per heavy atom. The van der Waals surface area contributed by atoms with E-state index < -0.39 is 29.8 Å². The van der Waals surface area contributed by atoms with E-state index in [1.54, 1.807) is 20.8 Å². The summed E-state index contributed by atoms with van der Waals surface area (Å²) in [5.41, 5.74) is 5.11. The van der Waals surface area contributed by atoms with Gasteiger partial charge in [0.1, 0.15) is 17.7 Å². The van der Waals surface area contributed by atoms with Gasteiger partial charge in [-0.2, -0.15) is 0 Å². The number of aliphatic hydroxyl groups is 1. The lowest BCUT2D eigenvalue weighted by atomic mass is 10.0. The number of carbonyl (C=O) groups is 2. The van der Waals surface area contributed by atoms with Gasteiger partial charge in [-0.05, 0) is 39.0 Å². The Hall–Kier alpha value is -1.83. The first kappa shape index (κ1) is 18.2. The summed E-state index contributed by atoms with van der Waals surface area (Å²) in [6.45, 7) is 5.15. The third kappa shape index (κ3) is 5.18. The summed E-state index contributed by atoms with van der Waals surface area (Å²) in [7, 11) is 0. The molecule has 0 saturated heterocycles. The summed E-state index contributed by atoms with van der Waals surface area (Å²) in [5, 5.41) is 21.4. The van der Waals surface area contributed by atoms with Crippen molar-refractivity contribution in [2.45, 2.75) is 38.5 Å². The van der Waals surface area contributed by atoms with Crippen molar-refractivity contribution in [3.05, 3.63) is 28.8 Å². The van der Waals surface area contributed by atoms with Crippen molar-refractivity contribution in [2.75, 3.05) is 5.32 Å². The average molecular weight is 331 g/mol. The number of hydrogen-bond donors (Lipinski definition) is 4. The lowest BCUT2D eigenvalue weighted by Gasteiger charge is -2.21. The van der Waals surface area contributed by atoms with Crippen LogP contribution in [0.5, 0.6) is 0 Å². The number of carboxylic acids is 1. The molecular weight excluding hydrogens is 312 g/mol. The van der Waals surface area contributed by atoms with Crippen LogP contribution in [-0.2, 0) is 9.53 Å². The second kappa shape index (κ2) is 6.95. The number of amides is 1.